The Labute approximate surface area is 132 Å². The van der Waals surface area contributed by atoms with E-state index in [0.717, 1.165) is 12.1 Å². The first-order valence-electron chi connectivity index (χ1n) is 7.21. The van der Waals surface area contributed by atoms with Crippen molar-refractivity contribution >= 4 is 11.8 Å². The second-order valence-corrected chi connectivity index (χ2v) is 5.30. The summed E-state index contributed by atoms with van der Waals surface area (Å²) in [7, 11) is 1.46. The molecule has 8 heteroatoms. The molecule has 1 fully saturated rings. The SMILES string of the molecule is COCC(N)C(=O)N1CCN(C(=O)c2ccc(F)cc2F)CC1. The molecule has 23 heavy (non-hydrogen) atoms. The van der Waals surface area contributed by atoms with Crippen molar-refractivity contribution in [3.63, 3.8) is 0 Å². The van der Waals surface area contributed by atoms with E-state index in [0.29, 0.717) is 19.2 Å². The predicted octanol–water partition coefficient (Wildman–Crippen LogP) is 0.223. The second kappa shape index (κ2) is 7.47. The highest BCUT2D eigenvalue weighted by Gasteiger charge is 2.28. The van der Waals surface area contributed by atoms with Crippen molar-refractivity contribution in [2.75, 3.05) is 39.9 Å². The minimum absolute atomic E-state index is 0.124. The maximum atomic E-state index is 13.7. The van der Waals surface area contributed by atoms with Gasteiger partial charge in [0.1, 0.15) is 17.7 Å². The number of carbonyl (C=O) groups excluding carboxylic acids is 2. The number of nitrogens with zero attached hydrogens (tertiary/aromatic N) is 2. The van der Waals surface area contributed by atoms with E-state index in [4.69, 9.17) is 10.5 Å². The average Bonchev–Trinajstić information content (AvgIpc) is 2.54. The first kappa shape index (κ1) is 17.3. The number of hydrogen-bond acceptors (Lipinski definition) is 4. The molecule has 0 bridgehead atoms. The Balaban J connectivity index is 1.96. The van der Waals surface area contributed by atoms with Crippen LogP contribution in [-0.4, -0.2) is 67.6 Å². The fraction of sp³-hybridized carbons (Fsp3) is 0.467. The van der Waals surface area contributed by atoms with Crippen LogP contribution >= 0.6 is 0 Å². The van der Waals surface area contributed by atoms with Gasteiger partial charge in [0.2, 0.25) is 5.91 Å². The minimum atomic E-state index is -0.893. The van der Waals surface area contributed by atoms with E-state index in [1.54, 1.807) is 4.90 Å². The van der Waals surface area contributed by atoms with Gasteiger partial charge in [0.25, 0.3) is 5.91 Å². The van der Waals surface area contributed by atoms with Gasteiger partial charge < -0.3 is 20.3 Å². The van der Waals surface area contributed by atoms with E-state index in [1.165, 1.54) is 12.0 Å². The van der Waals surface area contributed by atoms with Gasteiger partial charge in [-0.3, -0.25) is 9.59 Å². The lowest BCUT2D eigenvalue weighted by molar-refractivity contribution is -0.135. The van der Waals surface area contributed by atoms with E-state index < -0.39 is 23.6 Å². The molecule has 0 aromatic heterocycles. The van der Waals surface area contributed by atoms with Gasteiger partial charge in [-0.25, -0.2) is 8.78 Å². The van der Waals surface area contributed by atoms with Gasteiger partial charge in [-0.1, -0.05) is 0 Å². The largest absolute Gasteiger partial charge is 0.383 e. The van der Waals surface area contributed by atoms with Crippen molar-refractivity contribution in [1.82, 2.24) is 9.80 Å². The lowest BCUT2D eigenvalue weighted by atomic mass is 10.1. The van der Waals surface area contributed by atoms with E-state index >= 15 is 0 Å². The average molecular weight is 327 g/mol. The molecular formula is C15H19F2N3O3. The number of methoxy groups -OCH3 is 1. The fourth-order valence-corrected chi connectivity index (χ4v) is 2.45. The van der Waals surface area contributed by atoms with E-state index in [1.807, 2.05) is 0 Å². The van der Waals surface area contributed by atoms with Gasteiger partial charge >= 0.3 is 0 Å². The van der Waals surface area contributed by atoms with Gasteiger partial charge in [-0.05, 0) is 12.1 Å². The molecule has 0 aliphatic carbocycles. The molecule has 1 saturated heterocycles. The van der Waals surface area contributed by atoms with Crippen LogP contribution in [-0.2, 0) is 9.53 Å². The number of nitrogens with two attached hydrogens (primary N) is 1. The summed E-state index contributed by atoms with van der Waals surface area (Å²) >= 11 is 0. The predicted molar refractivity (Wildman–Crippen MR) is 78.7 cm³/mol. The molecule has 2 amide bonds. The van der Waals surface area contributed by atoms with Crippen LogP contribution in [0.4, 0.5) is 8.78 Å². The number of amides is 2. The van der Waals surface area contributed by atoms with Gasteiger partial charge in [0, 0.05) is 39.4 Å². The fourth-order valence-electron chi connectivity index (χ4n) is 2.45. The Morgan fingerprint density at radius 2 is 1.83 bits per heavy atom. The Hall–Kier alpha value is -2.06. The summed E-state index contributed by atoms with van der Waals surface area (Å²) < 4.78 is 31.4. The molecule has 1 aliphatic rings. The number of piperazine rings is 1. The van der Waals surface area contributed by atoms with Crippen molar-refractivity contribution in [2.45, 2.75) is 6.04 Å². The van der Waals surface area contributed by atoms with Crippen LogP contribution < -0.4 is 5.73 Å². The van der Waals surface area contributed by atoms with Crippen LogP contribution in [0.2, 0.25) is 0 Å². The molecule has 1 aliphatic heterocycles. The smallest absolute Gasteiger partial charge is 0.256 e. The molecule has 1 aromatic rings. The summed E-state index contributed by atoms with van der Waals surface area (Å²) in [5.41, 5.74) is 5.52. The molecule has 1 atom stereocenters. The number of hydrogen-bond donors (Lipinski definition) is 1. The first-order valence-corrected chi connectivity index (χ1v) is 7.21. The van der Waals surface area contributed by atoms with Crippen molar-refractivity contribution < 1.29 is 23.1 Å². The van der Waals surface area contributed by atoms with E-state index in [2.05, 4.69) is 0 Å². The molecule has 2 rings (SSSR count). The number of rotatable bonds is 4. The monoisotopic (exact) mass is 327 g/mol. The Morgan fingerprint density at radius 3 is 2.39 bits per heavy atom. The van der Waals surface area contributed by atoms with Crippen molar-refractivity contribution in [2.24, 2.45) is 5.73 Å². The van der Waals surface area contributed by atoms with E-state index in [-0.39, 0.29) is 31.2 Å². The van der Waals surface area contributed by atoms with Crippen LogP contribution in [0.3, 0.4) is 0 Å². The normalized spacial score (nSPS) is 16.3. The highest BCUT2D eigenvalue weighted by Crippen LogP contribution is 2.14. The standard InChI is InChI=1S/C15H19F2N3O3/c1-23-9-13(18)15(22)20-6-4-19(5-7-20)14(21)11-3-2-10(16)8-12(11)17/h2-3,8,13H,4-7,9,18H2,1H3. The summed E-state index contributed by atoms with van der Waals surface area (Å²) in [5, 5.41) is 0. The maximum absolute atomic E-state index is 13.7. The van der Waals surface area contributed by atoms with Crippen LogP contribution in [0.15, 0.2) is 18.2 Å². The lowest BCUT2D eigenvalue weighted by Gasteiger charge is -2.35. The third kappa shape index (κ3) is 4.02. The zero-order valence-electron chi connectivity index (χ0n) is 12.8. The second-order valence-electron chi connectivity index (χ2n) is 5.30. The Morgan fingerprint density at radius 1 is 1.22 bits per heavy atom. The highest BCUT2D eigenvalue weighted by atomic mass is 19.1. The maximum Gasteiger partial charge on any atom is 0.256 e. The molecule has 1 unspecified atom stereocenters. The summed E-state index contributed by atoms with van der Waals surface area (Å²) in [5.74, 6) is -2.39. The molecule has 2 N–H and O–H groups in total. The number of halogens is 2. The Bertz CT molecular complexity index is 589. The number of carbonyl (C=O) groups is 2. The molecule has 0 spiro atoms. The zero-order chi connectivity index (χ0) is 17.0. The number of benzene rings is 1. The molecule has 0 radical (unpaired) electrons. The third-order valence-electron chi connectivity index (χ3n) is 3.70. The highest BCUT2D eigenvalue weighted by molar-refractivity contribution is 5.94. The van der Waals surface area contributed by atoms with E-state index in [9.17, 15) is 18.4 Å². The topological polar surface area (TPSA) is 75.9 Å². The zero-order valence-corrected chi connectivity index (χ0v) is 12.8. The summed E-state index contributed by atoms with van der Waals surface area (Å²) in [6.07, 6.45) is 0. The van der Waals surface area contributed by atoms with Gasteiger partial charge in [-0.15, -0.1) is 0 Å². The molecular weight excluding hydrogens is 308 g/mol. The number of ether oxygens (including phenoxy) is 1. The molecule has 126 valence electrons. The molecule has 1 heterocycles. The van der Waals surface area contributed by atoms with Crippen LogP contribution in [0.25, 0.3) is 0 Å². The van der Waals surface area contributed by atoms with Crippen molar-refractivity contribution in [1.29, 1.82) is 0 Å². The van der Waals surface area contributed by atoms with Gasteiger partial charge in [0.05, 0.1) is 12.2 Å². The van der Waals surface area contributed by atoms with Crippen molar-refractivity contribution in [3.05, 3.63) is 35.4 Å². The first-order chi connectivity index (χ1) is 10.9. The molecule has 0 saturated carbocycles. The quantitative estimate of drug-likeness (QED) is 0.858. The minimum Gasteiger partial charge on any atom is -0.383 e. The molecule has 1 aromatic carbocycles. The summed E-state index contributed by atoms with van der Waals surface area (Å²) in [6, 6.07) is 2.10. The third-order valence-corrected chi connectivity index (χ3v) is 3.70. The van der Waals surface area contributed by atoms with Crippen LogP contribution in [0.5, 0.6) is 0 Å². The Kier molecular flexibility index (Phi) is 5.62. The van der Waals surface area contributed by atoms with Crippen LogP contribution in [0, 0.1) is 11.6 Å². The lowest BCUT2D eigenvalue weighted by Crippen LogP contribution is -2.55. The van der Waals surface area contributed by atoms with Crippen molar-refractivity contribution in [3.8, 4) is 0 Å². The van der Waals surface area contributed by atoms with Crippen LogP contribution in [0.1, 0.15) is 10.4 Å². The summed E-state index contributed by atoms with van der Waals surface area (Å²) in [6.45, 7) is 1.27. The van der Waals surface area contributed by atoms with Gasteiger partial charge in [-0.2, -0.15) is 0 Å². The summed E-state index contributed by atoms with van der Waals surface area (Å²) in [4.78, 5) is 27.3. The van der Waals surface area contributed by atoms with Gasteiger partial charge in [0.15, 0.2) is 0 Å². The molecule has 6 nitrogen and oxygen atoms in total.